The van der Waals surface area contributed by atoms with Crippen LogP contribution < -0.4 is 5.32 Å². The third-order valence-electron chi connectivity index (χ3n) is 3.45. The molecule has 0 aromatic carbocycles. The minimum atomic E-state index is 0.0334. The Bertz CT molecular complexity index is 575. The zero-order chi connectivity index (χ0) is 13.8. The molecule has 0 saturated heterocycles. The first-order chi connectivity index (χ1) is 9.83. The second-order valence-electron chi connectivity index (χ2n) is 5.14. The molecule has 0 unspecified atom stereocenters. The molecular weight excluding hydrogens is 252 g/mol. The van der Waals surface area contributed by atoms with E-state index < -0.39 is 0 Å². The van der Waals surface area contributed by atoms with Crippen LogP contribution in [-0.2, 0) is 17.8 Å². The summed E-state index contributed by atoms with van der Waals surface area (Å²) in [5, 5.41) is 2.94. The Morgan fingerprint density at radius 2 is 2.30 bits per heavy atom. The summed E-state index contributed by atoms with van der Waals surface area (Å²) in [6, 6.07) is 3.75. The van der Waals surface area contributed by atoms with E-state index in [1.54, 1.807) is 12.4 Å². The highest BCUT2D eigenvalue weighted by molar-refractivity contribution is 5.78. The van der Waals surface area contributed by atoms with Gasteiger partial charge in [0.05, 0.1) is 6.42 Å². The number of hydrogen-bond acceptors (Lipinski definition) is 3. The van der Waals surface area contributed by atoms with Gasteiger partial charge >= 0.3 is 0 Å². The summed E-state index contributed by atoms with van der Waals surface area (Å²) in [6.45, 7) is 1.42. The lowest BCUT2D eigenvalue weighted by molar-refractivity contribution is -0.120. The van der Waals surface area contributed by atoms with Crippen molar-refractivity contribution in [1.82, 2.24) is 19.9 Å². The predicted octanol–water partition coefficient (Wildman–Crippen LogP) is 1.51. The van der Waals surface area contributed by atoms with Crippen LogP contribution in [-0.4, -0.2) is 27.0 Å². The van der Waals surface area contributed by atoms with Crippen molar-refractivity contribution < 1.29 is 4.79 Å². The molecule has 0 atom stereocenters. The van der Waals surface area contributed by atoms with Gasteiger partial charge in [-0.05, 0) is 24.5 Å². The zero-order valence-corrected chi connectivity index (χ0v) is 11.3. The lowest BCUT2D eigenvalue weighted by atomic mass is 10.2. The maximum atomic E-state index is 11.8. The molecule has 5 heteroatoms. The first-order valence-corrected chi connectivity index (χ1v) is 6.99. The second-order valence-corrected chi connectivity index (χ2v) is 5.14. The quantitative estimate of drug-likeness (QED) is 0.865. The van der Waals surface area contributed by atoms with E-state index in [1.807, 2.05) is 24.5 Å². The topological polar surface area (TPSA) is 59.8 Å². The summed E-state index contributed by atoms with van der Waals surface area (Å²) in [5.41, 5.74) is 0.936. The third kappa shape index (κ3) is 3.23. The number of aromatic nitrogens is 3. The number of hydrogen-bond donors (Lipinski definition) is 1. The number of nitrogens with zero attached hydrogens (tertiary/aromatic N) is 3. The van der Waals surface area contributed by atoms with E-state index in [0.29, 0.717) is 18.9 Å². The van der Waals surface area contributed by atoms with Gasteiger partial charge in [0.25, 0.3) is 0 Å². The van der Waals surface area contributed by atoms with Crippen LogP contribution in [0.15, 0.2) is 36.9 Å². The average Bonchev–Trinajstić information content (AvgIpc) is 3.20. The summed E-state index contributed by atoms with van der Waals surface area (Å²) >= 11 is 0. The second kappa shape index (κ2) is 5.86. The van der Waals surface area contributed by atoms with Crippen molar-refractivity contribution >= 4 is 5.91 Å². The van der Waals surface area contributed by atoms with Crippen LogP contribution in [0.4, 0.5) is 0 Å². The van der Waals surface area contributed by atoms with E-state index in [4.69, 9.17) is 0 Å². The van der Waals surface area contributed by atoms with Crippen LogP contribution in [0.25, 0.3) is 0 Å². The van der Waals surface area contributed by atoms with E-state index in [9.17, 15) is 4.79 Å². The van der Waals surface area contributed by atoms with E-state index in [-0.39, 0.29) is 5.91 Å². The minimum Gasteiger partial charge on any atom is -0.354 e. The molecule has 5 nitrogen and oxygen atoms in total. The maximum absolute atomic E-state index is 11.8. The lowest BCUT2D eigenvalue weighted by Crippen LogP contribution is -2.28. The number of rotatable bonds is 6. The largest absolute Gasteiger partial charge is 0.354 e. The van der Waals surface area contributed by atoms with Gasteiger partial charge in [0.1, 0.15) is 5.82 Å². The zero-order valence-electron chi connectivity index (χ0n) is 11.3. The SMILES string of the molecule is O=C(Cc1cccnc1)NCCn1ccnc1C1CC1. The molecule has 1 aliphatic carbocycles. The van der Waals surface area contributed by atoms with E-state index in [1.165, 1.54) is 12.8 Å². The van der Waals surface area contributed by atoms with E-state index in [0.717, 1.165) is 17.9 Å². The van der Waals surface area contributed by atoms with Gasteiger partial charge < -0.3 is 9.88 Å². The summed E-state index contributed by atoms with van der Waals surface area (Å²) in [5.74, 6) is 1.83. The van der Waals surface area contributed by atoms with Gasteiger partial charge in [-0.25, -0.2) is 4.98 Å². The van der Waals surface area contributed by atoms with Gasteiger partial charge in [0.15, 0.2) is 0 Å². The highest BCUT2D eigenvalue weighted by Gasteiger charge is 2.27. The smallest absolute Gasteiger partial charge is 0.224 e. The summed E-state index contributed by atoms with van der Waals surface area (Å²) < 4.78 is 2.14. The molecule has 3 rings (SSSR count). The molecule has 1 saturated carbocycles. The number of carbonyl (C=O) groups excluding carboxylic acids is 1. The van der Waals surface area contributed by atoms with E-state index >= 15 is 0 Å². The molecule has 2 heterocycles. The fraction of sp³-hybridized carbons (Fsp3) is 0.400. The third-order valence-corrected chi connectivity index (χ3v) is 3.45. The van der Waals surface area contributed by atoms with Crippen molar-refractivity contribution in [2.24, 2.45) is 0 Å². The Labute approximate surface area is 118 Å². The predicted molar refractivity (Wildman–Crippen MR) is 75.2 cm³/mol. The lowest BCUT2D eigenvalue weighted by Gasteiger charge is -2.08. The van der Waals surface area contributed by atoms with Gasteiger partial charge in [0, 0.05) is 43.8 Å². The number of pyridine rings is 1. The number of imidazole rings is 1. The Balaban J connectivity index is 1.45. The first kappa shape index (κ1) is 12.8. The van der Waals surface area contributed by atoms with Crippen molar-refractivity contribution in [3.8, 4) is 0 Å². The van der Waals surface area contributed by atoms with Gasteiger partial charge in [-0.3, -0.25) is 9.78 Å². The molecule has 0 aliphatic heterocycles. The van der Waals surface area contributed by atoms with E-state index in [2.05, 4.69) is 19.9 Å². The Kier molecular flexibility index (Phi) is 3.76. The monoisotopic (exact) mass is 270 g/mol. The fourth-order valence-electron chi connectivity index (χ4n) is 2.28. The highest BCUT2D eigenvalue weighted by atomic mass is 16.1. The fourth-order valence-corrected chi connectivity index (χ4v) is 2.28. The van der Waals surface area contributed by atoms with Crippen LogP contribution in [0, 0.1) is 0 Å². The van der Waals surface area contributed by atoms with Crippen LogP contribution >= 0.6 is 0 Å². The van der Waals surface area contributed by atoms with Crippen molar-refractivity contribution in [3.05, 3.63) is 48.3 Å². The average molecular weight is 270 g/mol. The summed E-state index contributed by atoms with van der Waals surface area (Å²) in [6.07, 6.45) is 10.1. The van der Waals surface area contributed by atoms with Crippen LogP contribution in [0.1, 0.15) is 30.1 Å². The molecule has 1 N–H and O–H groups in total. The molecule has 104 valence electrons. The normalized spacial score (nSPS) is 14.2. The molecule has 2 aromatic heterocycles. The van der Waals surface area contributed by atoms with Crippen LogP contribution in [0.3, 0.4) is 0 Å². The van der Waals surface area contributed by atoms with Crippen LogP contribution in [0.5, 0.6) is 0 Å². The molecule has 20 heavy (non-hydrogen) atoms. The molecule has 1 fully saturated rings. The molecule has 1 aliphatic rings. The first-order valence-electron chi connectivity index (χ1n) is 6.99. The van der Waals surface area contributed by atoms with Crippen molar-refractivity contribution in [3.63, 3.8) is 0 Å². The standard InChI is InChI=1S/C15H18N4O/c20-14(10-12-2-1-5-16-11-12)17-6-8-19-9-7-18-15(19)13-3-4-13/h1-2,5,7,9,11,13H,3-4,6,8,10H2,(H,17,20). The van der Waals surface area contributed by atoms with Crippen LogP contribution in [0.2, 0.25) is 0 Å². The maximum Gasteiger partial charge on any atom is 0.224 e. The molecule has 1 amide bonds. The minimum absolute atomic E-state index is 0.0334. The highest BCUT2D eigenvalue weighted by Crippen LogP contribution is 2.38. The van der Waals surface area contributed by atoms with Gasteiger partial charge in [-0.1, -0.05) is 6.07 Å². The molecule has 0 spiro atoms. The molecule has 0 radical (unpaired) electrons. The van der Waals surface area contributed by atoms with Gasteiger partial charge in [-0.15, -0.1) is 0 Å². The van der Waals surface area contributed by atoms with Gasteiger partial charge in [-0.2, -0.15) is 0 Å². The Morgan fingerprint density at radius 3 is 3.05 bits per heavy atom. The number of amides is 1. The molecule has 0 bridgehead atoms. The van der Waals surface area contributed by atoms with Crippen molar-refractivity contribution in [2.45, 2.75) is 31.7 Å². The molecule has 2 aromatic rings. The number of carbonyl (C=O) groups is 1. The summed E-state index contributed by atoms with van der Waals surface area (Å²) in [4.78, 5) is 20.2. The Hall–Kier alpha value is -2.17. The number of nitrogens with one attached hydrogen (secondary N) is 1. The van der Waals surface area contributed by atoms with Gasteiger partial charge in [0.2, 0.25) is 5.91 Å². The van der Waals surface area contributed by atoms with Crippen molar-refractivity contribution in [1.29, 1.82) is 0 Å². The van der Waals surface area contributed by atoms with Crippen molar-refractivity contribution in [2.75, 3.05) is 6.54 Å². The molecular formula is C15H18N4O. The Morgan fingerprint density at radius 1 is 1.40 bits per heavy atom. The summed E-state index contributed by atoms with van der Waals surface area (Å²) in [7, 11) is 0.